The van der Waals surface area contributed by atoms with Gasteiger partial charge in [-0.05, 0) is 0 Å². The lowest BCUT2D eigenvalue weighted by molar-refractivity contribution is -0.169. The van der Waals surface area contributed by atoms with Gasteiger partial charge in [-0.15, -0.1) is 0 Å². The van der Waals surface area contributed by atoms with E-state index in [0.717, 1.165) is 0 Å². The summed E-state index contributed by atoms with van der Waals surface area (Å²) in [5, 5.41) is 9.27. The maximum absolute atomic E-state index is 12.7. The molecule has 2 N–H and O–H groups in total. The Morgan fingerprint density at radius 1 is 1.13 bits per heavy atom. The van der Waals surface area contributed by atoms with Crippen molar-refractivity contribution in [1.29, 1.82) is 0 Å². The van der Waals surface area contributed by atoms with Crippen molar-refractivity contribution in [2.75, 3.05) is 46.1 Å². The number of amides is 1. The van der Waals surface area contributed by atoms with Gasteiger partial charge in [0.2, 0.25) is 6.10 Å². The number of aliphatic hydroxyl groups excluding tert-OH is 1. The largest absolute Gasteiger partial charge is 0.465 e. The lowest BCUT2D eigenvalue weighted by Gasteiger charge is -2.25. The molecule has 0 aromatic carbocycles. The van der Waals surface area contributed by atoms with Crippen LogP contribution in [0.25, 0.3) is 0 Å². The molecular weight excluding hydrogens is 420 g/mol. The van der Waals surface area contributed by atoms with E-state index in [4.69, 9.17) is 23.8 Å². The predicted octanol–water partition coefficient (Wildman–Crippen LogP) is -2.32. The van der Waals surface area contributed by atoms with Crippen LogP contribution in [-0.4, -0.2) is 98.1 Å². The Hall–Kier alpha value is -2.77. The molecule has 31 heavy (non-hydrogen) atoms. The van der Waals surface area contributed by atoms with Crippen LogP contribution in [0, 0.1) is 5.92 Å². The lowest BCUT2D eigenvalue weighted by atomic mass is 10.1. The third-order valence-electron chi connectivity index (χ3n) is 4.51. The molecular formula is C18H26N2O11. The number of rotatable bonds is 12. The highest BCUT2D eigenvalue weighted by Crippen LogP contribution is 2.15. The van der Waals surface area contributed by atoms with Gasteiger partial charge >= 0.3 is 23.9 Å². The van der Waals surface area contributed by atoms with Crippen LogP contribution < -0.4 is 5.48 Å². The molecule has 13 heteroatoms. The minimum atomic E-state index is -1.46. The van der Waals surface area contributed by atoms with Crippen LogP contribution in [0.3, 0.4) is 0 Å². The third kappa shape index (κ3) is 7.77. The van der Waals surface area contributed by atoms with Gasteiger partial charge in [-0.1, -0.05) is 0 Å². The number of nitrogens with one attached hydrogen (secondary N) is 1. The van der Waals surface area contributed by atoms with Crippen molar-refractivity contribution < 1.29 is 52.9 Å². The summed E-state index contributed by atoms with van der Waals surface area (Å²) in [6, 6.07) is 0. The fourth-order valence-electron chi connectivity index (χ4n) is 2.87. The second-order valence-electron chi connectivity index (χ2n) is 6.83. The van der Waals surface area contributed by atoms with Crippen LogP contribution in [-0.2, 0) is 47.8 Å². The molecule has 3 atom stereocenters. The molecule has 2 saturated heterocycles. The Morgan fingerprint density at radius 2 is 1.77 bits per heavy atom. The van der Waals surface area contributed by atoms with E-state index < -0.39 is 47.9 Å². The van der Waals surface area contributed by atoms with Gasteiger partial charge in [0.15, 0.2) is 12.0 Å². The fourth-order valence-corrected chi connectivity index (χ4v) is 2.87. The highest BCUT2D eigenvalue weighted by atomic mass is 16.7. The number of carbonyl (C=O) groups is 5. The van der Waals surface area contributed by atoms with Gasteiger partial charge in [0, 0.05) is 39.4 Å². The second-order valence-corrected chi connectivity index (χ2v) is 6.83. The number of esters is 4. The Bertz CT molecular complexity index is 683. The molecule has 174 valence electrons. The molecule has 2 rings (SSSR count). The zero-order valence-electron chi connectivity index (χ0n) is 17.1. The highest BCUT2D eigenvalue weighted by molar-refractivity contribution is 5.98. The van der Waals surface area contributed by atoms with E-state index in [1.807, 2.05) is 0 Å². The summed E-state index contributed by atoms with van der Waals surface area (Å²) < 4.78 is 19.5. The maximum Gasteiger partial charge on any atom is 0.347 e. The van der Waals surface area contributed by atoms with Crippen molar-refractivity contribution in [1.82, 2.24) is 10.4 Å². The van der Waals surface area contributed by atoms with Crippen LogP contribution in [0.2, 0.25) is 0 Å². The Labute approximate surface area is 177 Å². The Morgan fingerprint density at radius 3 is 2.32 bits per heavy atom. The zero-order chi connectivity index (χ0) is 22.8. The summed E-state index contributed by atoms with van der Waals surface area (Å²) in [6.45, 7) is 1.12. The molecule has 13 nitrogen and oxygen atoms in total. The first-order valence-electron chi connectivity index (χ1n) is 9.77. The van der Waals surface area contributed by atoms with E-state index in [2.05, 4.69) is 5.48 Å². The topological polar surface area (TPSA) is 167 Å². The molecule has 0 aliphatic carbocycles. The molecule has 2 fully saturated rings. The molecule has 2 aliphatic rings. The van der Waals surface area contributed by atoms with Gasteiger partial charge in [-0.3, -0.25) is 24.1 Å². The van der Waals surface area contributed by atoms with Crippen LogP contribution in [0.1, 0.15) is 19.8 Å². The van der Waals surface area contributed by atoms with Crippen molar-refractivity contribution in [3.05, 3.63) is 0 Å². The summed E-state index contributed by atoms with van der Waals surface area (Å²) >= 11 is 0. The zero-order valence-corrected chi connectivity index (χ0v) is 17.1. The first kappa shape index (κ1) is 24.5. The molecule has 0 bridgehead atoms. The van der Waals surface area contributed by atoms with Crippen LogP contribution in [0.4, 0.5) is 0 Å². The van der Waals surface area contributed by atoms with E-state index in [1.54, 1.807) is 0 Å². The Balaban J connectivity index is 2.03. The van der Waals surface area contributed by atoms with Crippen LogP contribution in [0.15, 0.2) is 0 Å². The number of aliphatic hydroxyl groups is 1. The van der Waals surface area contributed by atoms with Gasteiger partial charge in [-0.25, -0.2) is 15.1 Å². The van der Waals surface area contributed by atoms with E-state index in [-0.39, 0.29) is 58.9 Å². The van der Waals surface area contributed by atoms with E-state index in [9.17, 15) is 29.1 Å². The number of cyclic esters (lactones) is 2. The monoisotopic (exact) mass is 446 g/mol. The molecule has 0 spiro atoms. The van der Waals surface area contributed by atoms with E-state index in [0.29, 0.717) is 0 Å². The fraction of sp³-hybridized carbons (Fsp3) is 0.722. The van der Waals surface area contributed by atoms with Crippen molar-refractivity contribution in [2.24, 2.45) is 5.92 Å². The minimum Gasteiger partial charge on any atom is -0.465 e. The first-order valence-corrected chi connectivity index (χ1v) is 9.77. The molecule has 0 saturated carbocycles. The average molecular weight is 446 g/mol. The van der Waals surface area contributed by atoms with Gasteiger partial charge in [0.1, 0.15) is 6.61 Å². The highest BCUT2D eigenvalue weighted by Gasteiger charge is 2.37. The number of ether oxygens (including phenoxy) is 4. The summed E-state index contributed by atoms with van der Waals surface area (Å²) in [7, 11) is 0. The standard InChI is InChI=1S/C18H26N2O11/c1-11(22)27-9-5-20(4-6-21)10-12(16(24)30-13-2-7-28-17(13)25)15(23)19-31-14-3-8-29-18(14)26/h12-14,21H,2-10H2,1H3,(H,19,23). The normalized spacial score (nSPS) is 21.4. The number of hydrogen-bond acceptors (Lipinski definition) is 12. The number of nitrogens with zero attached hydrogens (tertiary/aromatic N) is 1. The second kappa shape index (κ2) is 12.2. The Kier molecular flexibility index (Phi) is 9.62. The molecule has 0 aromatic rings. The SMILES string of the molecule is CC(=O)OCCN(CCO)CC(C(=O)NOC1CCOC1=O)C(=O)OC1CCOC1=O. The van der Waals surface area contributed by atoms with Crippen LogP contribution in [0.5, 0.6) is 0 Å². The molecule has 0 radical (unpaired) electrons. The first-order chi connectivity index (χ1) is 14.8. The quantitative estimate of drug-likeness (QED) is 0.142. The smallest absolute Gasteiger partial charge is 0.347 e. The van der Waals surface area contributed by atoms with Gasteiger partial charge in [-0.2, -0.15) is 0 Å². The van der Waals surface area contributed by atoms with E-state index in [1.165, 1.54) is 11.8 Å². The number of hydroxylamine groups is 1. The minimum absolute atomic E-state index is 0.0297. The number of carbonyl (C=O) groups excluding carboxylic acids is 5. The molecule has 3 unspecified atom stereocenters. The molecule has 2 aliphatic heterocycles. The van der Waals surface area contributed by atoms with Crippen molar-refractivity contribution >= 4 is 29.8 Å². The molecule has 1 amide bonds. The average Bonchev–Trinajstić information content (AvgIpc) is 3.31. The van der Waals surface area contributed by atoms with E-state index >= 15 is 0 Å². The van der Waals surface area contributed by atoms with Gasteiger partial charge in [0.25, 0.3) is 5.91 Å². The molecule has 2 heterocycles. The maximum atomic E-state index is 12.7. The van der Waals surface area contributed by atoms with Crippen LogP contribution >= 0.6 is 0 Å². The van der Waals surface area contributed by atoms with Crippen molar-refractivity contribution in [3.8, 4) is 0 Å². The predicted molar refractivity (Wildman–Crippen MR) is 97.7 cm³/mol. The lowest BCUT2D eigenvalue weighted by Crippen LogP contribution is -2.47. The summed E-state index contributed by atoms with van der Waals surface area (Å²) in [4.78, 5) is 65.9. The van der Waals surface area contributed by atoms with Crippen molar-refractivity contribution in [3.63, 3.8) is 0 Å². The third-order valence-corrected chi connectivity index (χ3v) is 4.51. The van der Waals surface area contributed by atoms with Crippen molar-refractivity contribution in [2.45, 2.75) is 32.0 Å². The van der Waals surface area contributed by atoms with Gasteiger partial charge in [0.05, 0.1) is 19.8 Å². The summed E-state index contributed by atoms with van der Waals surface area (Å²) in [6.07, 6.45) is -1.72. The molecule has 0 aromatic heterocycles. The number of hydrogen-bond donors (Lipinski definition) is 2. The van der Waals surface area contributed by atoms with Gasteiger partial charge < -0.3 is 24.1 Å². The summed E-state index contributed by atoms with van der Waals surface area (Å²) in [5.41, 5.74) is 2.06. The summed E-state index contributed by atoms with van der Waals surface area (Å²) in [5.74, 6) is -5.24.